The van der Waals surface area contributed by atoms with Crippen LogP contribution < -0.4 is 11.1 Å². The van der Waals surface area contributed by atoms with Crippen molar-refractivity contribution in [2.24, 2.45) is 16.8 Å². The van der Waals surface area contributed by atoms with Crippen molar-refractivity contribution < 1.29 is 10.0 Å². The standard InChI is InChI=1S/C11H18N4O2S/c1-5(2)8(10(12)15-17)14-11(16)9-6(3)13-7(4)18-9/h5,8,17H,1-4H3,(H2,12,15)(H,14,16). The van der Waals surface area contributed by atoms with Crippen molar-refractivity contribution in [3.8, 4) is 0 Å². The first-order valence-corrected chi connectivity index (χ1v) is 6.40. The predicted molar refractivity (Wildman–Crippen MR) is 71.1 cm³/mol. The van der Waals surface area contributed by atoms with Crippen molar-refractivity contribution in [1.82, 2.24) is 10.3 Å². The van der Waals surface area contributed by atoms with Gasteiger partial charge in [-0.2, -0.15) is 0 Å². The Kier molecular flexibility index (Phi) is 4.66. The zero-order chi connectivity index (χ0) is 13.9. The summed E-state index contributed by atoms with van der Waals surface area (Å²) >= 11 is 1.33. The second kappa shape index (κ2) is 5.81. The molecular weight excluding hydrogens is 252 g/mol. The lowest BCUT2D eigenvalue weighted by Crippen LogP contribution is -2.47. The van der Waals surface area contributed by atoms with Crippen LogP contribution in [0.25, 0.3) is 0 Å². The molecule has 0 aliphatic heterocycles. The van der Waals surface area contributed by atoms with Gasteiger partial charge >= 0.3 is 0 Å². The van der Waals surface area contributed by atoms with Crippen molar-refractivity contribution in [2.75, 3.05) is 0 Å². The molecule has 1 unspecified atom stereocenters. The number of hydrogen-bond acceptors (Lipinski definition) is 5. The first kappa shape index (κ1) is 14.4. The Morgan fingerprint density at radius 1 is 1.50 bits per heavy atom. The van der Waals surface area contributed by atoms with Crippen LogP contribution in [-0.4, -0.2) is 28.0 Å². The number of nitrogens with one attached hydrogen (secondary N) is 1. The van der Waals surface area contributed by atoms with Crippen molar-refractivity contribution >= 4 is 23.1 Å². The van der Waals surface area contributed by atoms with Crippen LogP contribution >= 0.6 is 11.3 Å². The molecule has 0 saturated carbocycles. The maximum absolute atomic E-state index is 12.1. The molecule has 0 aromatic carbocycles. The maximum atomic E-state index is 12.1. The fourth-order valence-electron chi connectivity index (χ4n) is 1.59. The third-order valence-electron chi connectivity index (χ3n) is 2.50. The minimum atomic E-state index is -0.496. The molecular formula is C11H18N4O2S. The summed E-state index contributed by atoms with van der Waals surface area (Å²) in [5.74, 6) is -0.222. The first-order valence-electron chi connectivity index (χ1n) is 5.59. The van der Waals surface area contributed by atoms with Gasteiger partial charge in [0.05, 0.1) is 16.7 Å². The summed E-state index contributed by atoms with van der Waals surface area (Å²) in [5, 5.41) is 15.2. The lowest BCUT2D eigenvalue weighted by Gasteiger charge is -2.20. The predicted octanol–water partition coefficient (Wildman–Crippen LogP) is 1.26. The fourth-order valence-corrected chi connectivity index (χ4v) is 2.42. The quantitative estimate of drug-likeness (QED) is 0.332. The molecule has 0 bridgehead atoms. The van der Waals surface area contributed by atoms with E-state index in [9.17, 15) is 4.79 Å². The van der Waals surface area contributed by atoms with Gasteiger partial charge in [0.15, 0.2) is 5.84 Å². The smallest absolute Gasteiger partial charge is 0.263 e. The molecule has 6 nitrogen and oxygen atoms in total. The second-order valence-corrected chi connectivity index (χ2v) is 5.57. The molecule has 0 aliphatic rings. The number of aromatic nitrogens is 1. The SMILES string of the molecule is Cc1nc(C)c(C(=O)NC(C(N)=NO)C(C)C)s1. The Morgan fingerprint density at radius 2 is 2.11 bits per heavy atom. The first-order chi connectivity index (χ1) is 8.36. The molecule has 0 aliphatic carbocycles. The number of carbonyl (C=O) groups excluding carboxylic acids is 1. The number of amidine groups is 1. The zero-order valence-corrected chi connectivity index (χ0v) is 11.7. The summed E-state index contributed by atoms with van der Waals surface area (Å²) in [4.78, 5) is 16.8. The van der Waals surface area contributed by atoms with Crippen LogP contribution in [-0.2, 0) is 0 Å². The van der Waals surface area contributed by atoms with E-state index in [0.717, 1.165) is 5.01 Å². The van der Waals surface area contributed by atoms with Gasteiger partial charge in [0.1, 0.15) is 4.88 Å². The highest BCUT2D eigenvalue weighted by Gasteiger charge is 2.23. The van der Waals surface area contributed by atoms with E-state index in [-0.39, 0.29) is 17.7 Å². The third kappa shape index (κ3) is 3.19. The maximum Gasteiger partial charge on any atom is 0.263 e. The molecule has 1 atom stereocenters. The topological polar surface area (TPSA) is 101 Å². The van der Waals surface area contributed by atoms with Crippen molar-refractivity contribution in [3.05, 3.63) is 15.6 Å². The van der Waals surface area contributed by atoms with Crippen LogP contribution in [0.15, 0.2) is 5.16 Å². The average molecular weight is 270 g/mol. The van der Waals surface area contributed by atoms with Crippen LogP contribution in [0.5, 0.6) is 0 Å². The Hall–Kier alpha value is -1.63. The summed E-state index contributed by atoms with van der Waals surface area (Å²) in [6.45, 7) is 7.39. The summed E-state index contributed by atoms with van der Waals surface area (Å²) in [6.07, 6.45) is 0. The normalized spacial score (nSPS) is 13.7. The minimum absolute atomic E-state index is 0.00256. The van der Waals surface area contributed by atoms with Gasteiger partial charge in [-0.1, -0.05) is 19.0 Å². The van der Waals surface area contributed by atoms with Gasteiger partial charge in [-0.15, -0.1) is 11.3 Å². The summed E-state index contributed by atoms with van der Waals surface area (Å²) < 4.78 is 0. The van der Waals surface area contributed by atoms with Gasteiger partial charge in [0, 0.05) is 0 Å². The monoisotopic (exact) mass is 270 g/mol. The lowest BCUT2D eigenvalue weighted by molar-refractivity contribution is 0.0942. The van der Waals surface area contributed by atoms with E-state index in [4.69, 9.17) is 10.9 Å². The number of nitrogens with zero attached hydrogens (tertiary/aromatic N) is 2. The molecule has 1 heterocycles. The number of amides is 1. The van der Waals surface area contributed by atoms with Gasteiger partial charge in [-0.25, -0.2) is 4.98 Å². The Balaban J connectivity index is 2.89. The molecule has 0 fully saturated rings. The van der Waals surface area contributed by atoms with Crippen molar-refractivity contribution in [1.29, 1.82) is 0 Å². The van der Waals surface area contributed by atoms with Crippen LogP contribution in [0.3, 0.4) is 0 Å². The van der Waals surface area contributed by atoms with Crippen LogP contribution in [0.1, 0.15) is 34.2 Å². The molecule has 0 saturated heterocycles. The van der Waals surface area contributed by atoms with E-state index < -0.39 is 6.04 Å². The minimum Gasteiger partial charge on any atom is -0.409 e. The number of aryl methyl sites for hydroxylation is 2. The van der Waals surface area contributed by atoms with E-state index in [1.54, 1.807) is 6.92 Å². The molecule has 4 N–H and O–H groups in total. The number of rotatable bonds is 4. The second-order valence-electron chi connectivity index (χ2n) is 4.37. The number of nitrogens with two attached hydrogens (primary N) is 1. The summed E-state index contributed by atoms with van der Waals surface area (Å²) in [5.41, 5.74) is 6.25. The van der Waals surface area contributed by atoms with Crippen LogP contribution in [0.2, 0.25) is 0 Å². The lowest BCUT2D eigenvalue weighted by atomic mass is 10.0. The molecule has 0 radical (unpaired) electrons. The van der Waals surface area contributed by atoms with Crippen molar-refractivity contribution in [3.63, 3.8) is 0 Å². The molecule has 1 aromatic rings. The molecule has 1 aromatic heterocycles. The fraction of sp³-hybridized carbons (Fsp3) is 0.545. The van der Waals surface area contributed by atoms with Crippen LogP contribution in [0.4, 0.5) is 0 Å². The van der Waals surface area contributed by atoms with Gasteiger partial charge < -0.3 is 16.3 Å². The molecule has 0 spiro atoms. The van der Waals surface area contributed by atoms with Crippen molar-refractivity contribution in [2.45, 2.75) is 33.7 Å². The van der Waals surface area contributed by atoms with Crippen LogP contribution in [0, 0.1) is 19.8 Å². The number of carbonyl (C=O) groups is 1. The van der Waals surface area contributed by atoms with Gasteiger partial charge in [-0.05, 0) is 19.8 Å². The van der Waals surface area contributed by atoms with E-state index in [1.807, 2.05) is 20.8 Å². The molecule has 1 amide bonds. The number of oxime groups is 1. The van der Waals surface area contributed by atoms with E-state index in [2.05, 4.69) is 15.5 Å². The van der Waals surface area contributed by atoms with Gasteiger partial charge in [-0.3, -0.25) is 4.79 Å². The van der Waals surface area contributed by atoms with E-state index >= 15 is 0 Å². The third-order valence-corrected chi connectivity index (χ3v) is 3.57. The number of thiazole rings is 1. The highest BCUT2D eigenvalue weighted by atomic mass is 32.1. The van der Waals surface area contributed by atoms with E-state index in [1.165, 1.54) is 11.3 Å². The van der Waals surface area contributed by atoms with E-state index in [0.29, 0.717) is 10.6 Å². The van der Waals surface area contributed by atoms with Gasteiger partial charge in [0.25, 0.3) is 5.91 Å². The van der Waals surface area contributed by atoms with Gasteiger partial charge in [0.2, 0.25) is 0 Å². The molecule has 18 heavy (non-hydrogen) atoms. The average Bonchev–Trinajstić information content (AvgIpc) is 2.63. The largest absolute Gasteiger partial charge is 0.409 e. The highest BCUT2D eigenvalue weighted by molar-refractivity contribution is 7.13. The Morgan fingerprint density at radius 3 is 2.50 bits per heavy atom. The molecule has 1 rings (SSSR count). The zero-order valence-electron chi connectivity index (χ0n) is 10.9. The Labute approximate surface area is 110 Å². The Bertz CT molecular complexity index is 468. The molecule has 100 valence electrons. The molecule has 7 heteroatoms. The summed E-state index contributed by atoms with van der Waals surface area (Å²) in [6, 6.07) is -0.496. The number of hydrogen-bond donors (Lipinski definition) is 3. The summed E-state index contributed by atoms with van der Waals surface area (Å²) in [7, 11) is 0. The highest BCUT2D eigenvalue weighted by Crippen LogP contribution is 2.17.